The average molecular weight is 722 g/mol. The van der Waals surface area contributed by atoms with Crippen LogP contribution in [0.25, 0.3) is 0 Å². The molecule has 1 aromatic heterocycles. The number of pyridine rings is 1. The Hall–Kier alpha value is -2.69. The Morgan fingerprint density at radius 2 is 1.85 bits per heavy atom. The van der Waals surface area contributed by atoms with Gasteiger partial charge in [0.1, 0.15) is 17.3 Å². The molecule has 0 saturated heterocycles. The molecule has 1 unspecified atom stereocenters. The quantitative estimate of drug-likeness (QED) is 0.223. The molecule has 0 aliphatic carbocycles. The van der Waals surface area contributed by atoms with Crippen molar-refractivity contribution in [2.24, 2.45) is 17.6 Å². The number of amides is 1. The number of aliphatic carboxylic acids is 1. The number of anilines is 1. The van der Waals surface area contributed by atoms with E-state index in [2.05, 4.69) is 55.2 Å². The van der Waals surface area contributed by atoms with Gasteiger partial charge in [0.25, 0.3) is 5.97 Å². The Kier molecular flexibility index (Phi) is 25.5. The van der Waals surface area contributed by atoms with Crippen LogP contribution >= 0.6 is 0 Å². The maximum Gasteiger partial charge on any atom is 0.300 e. The SMILES string of the molecule is CC(=O)O.COc1ccnc(NCCCOc2ccc3c(c2)CNC(=O)C(C)C3)c1.[CH2-]CC(C)C.[CH2-]N.[CH3-].[Os]. The van der Waals surface area contributed by atoms with Gasteiger partial charge in [-0.1, -0.05) is 32.8 Å². The number of nitrogens with zero attached hydrogens (tertiary/aromatic N) is 1. The van der Waals surface area contributed by atoms with Gasteiger partial charge in [-0.05, 0) is 42.2 Å². The number of fused-ring (bicyclic) bond motifs is 1. The number of hydrogen-bond acceptors (Lipinski definition) is 7. The number of carbonyl (C=O) groups excluding carboxylic acids is 1. The summed E-state index contributed by atoms with van der Waals surface area (Å²) in [5.74, 6) is 2.48. The molecule has 3 rings (SSSR count). The van der Waals surface area contributed by atoms with E-state index in [0.29, 0.717) is 13.2 Å². The van der Waals surface area contributed by atoms with Gasteiger partial charge in [0.2, 0.25) is 5.91 Å². The third-order valence-electron chi connectivity index (χ3n) is 5.04. The van der Waals surface area contributed by atoms with Gasteiger partial charge in [0, 0.05) is 58.0 Å². The van der Waals surface area contributed by atoms with E-state index in [0.717, 1.165) is 61.5 Å². The number of benzene rings is 1. The van der Waals surface area contributed by atoms with E-state index in [9.17, 15) is 4.79 Å². The Morgan fingerprint density at radius 1 is 1.23 bits per heavy atom. The van der Waals surface area contributed by atoms with Crippen LogP contribution < -0.4 is 25.8 Å². The first-order valence-corrected chi connectivity index (χ1v) is 12.3. The van der Waals surface area contributed by atoms with E-state index in [4.69, 9.17) is 19.4 Å². The number of nitrogens with one attached hydrogen (secondary N) is 2. The maximum absolute atomic E-state index is 11.8. The molecule has 0 bridgehead atoms. The molecule has 39 heavy (non-hydrogen) atoms. The summed E-state index contributed by atoms with van der Waals surface area (Å²) in [6, 6.07) is 9.77. The van der Waals surface area contributed by atoms with Crippen molar-refractivity contribution >= 4 is 17.7 Å². The van der Waals surface area contributed by atoms with Gasteiger partial charge in [-0.15, -0.1) is 0 Å². The summed E-state index contributed by atoms with van der Waals surface area (Å²) < 4.78 is 11.0. The largest absolute Gasteiger partial charge is 0.497 e. The minimum absolute atomic E-state index is 0. The second-order valence-corrected chi connectivity index (χ2v) is 8.66. The molecule has 5 N–H and O–H groups in total. The zero-order chi connectivity index (χ0) is 28.2. The van der Waals surface area contributed by atoms with Crippen molar-refractivity contribution < 1.29 is 44.0 Å². The third kappa shape index (κ3) is 19.1. The smallest absolute Gasteiger partial charge is 0.300 e. The van der Waals surface area contributed by atoms with Gasteiger partial charge in [0.15, 0.2) is 0 Å². The number of carboxylic acids is 1. The number of hydrogen-bond donors (Lipinski definition) is 4. The molecule has 0 radical (unpaired) electrons. The Balaban J connectivity index is -0.000000858. The first-order valence-electron chi connectivity index (χ1n) is 12.3. The van der Waals surface area contributed by atoms with Crippen LogP contribution in [-0.2, 0) is 42.3 Å². The molecule has 0 saturated carbocycles. The summed E-state index contributed by atoms with van der Waals surface area (Å²) in [5.41, 5.74) is 6.60. The van der Waals surface area contributed by atoms with Crippen LogP contribution in [0.2, 0.25) is 0 Å². The first-order chi connectivity index (χ1) is 17.7. The monoisotopic (exact) mass is 723 g/mol. The molecule has 1 aromatic carbocycles. The van der Waals surface area contributed by atoms with E-state index in [-0.39, 0.29) is 39.0 Å². The average Bonchev–Trinajstić information content (AvgIpc) is 3.02. The van der Waals surface area contributed by atoms with Gasteiger partial charge < -0.3 is 45.3 Å². The summed E-state index contributed by atoms with van der Waals surface area (Å²) in [6.07, 6.45) is 4.40. The Labute approximate surface area is 248 Å². The first kappa shape index (κ1) is 40.8. The number of ether oxygens (including phenoxy) is 2. The molecule has 0 fully saturated rings. The van der Waals surface area contributed by atoms with Crippen LogP contribution in [0, 0.1) is 33.2 Å². The van der Waals surface area contributed by atoms with Crippen LogP contribution in [-0.4, -0.2) is 42.2 Å². The summed E-state index contributed by atoms with van der Waals surface area (Å²) in [6.45, 7) is 13.0. The molecule has 1 aliphatic heterocycles. The van der Waals surface area contributed by atoms with E-state index in [1.807, 2.05) is 31.2 Å². The number of methoxy groups -OCH3 is 1. The standard InChI is InChI=1S/C20H25N3O3.C5H11.C2H4O2.CH4N.CH3.Os/c1-14-10-15-4-5-18(11-16(15)13-23-20(14)24)26-9-3-7-21-19-12-17(25-2)6-8-22-19;1-4-5(2)3;1-2(3)4;1-2;;/h4-6,8,11-12,14H,3,7,9-10,13H2,1-2H3,(H,21,22)(H,23,24);5H,1,4H2,2-3H3;1H3,(H,3,4);1-2H2;1H3;/q;-1;;2*-1;. The molecule has 9 nitrogen and oxygen atoms in total. The fourth-order valence-corrected chi connectivity index (χ4v) is 2.95. The van der Waals surface area contributed by atoms with Gasteiger partial charge >= 0.3 is 0 Å². The summed E-state index contributed by atoms with van der Waals surface area (Å²) in [4.78, 5) is 25.1. The van der Waals surface area contributed by atoms with Crippen LogP contribution in [0.5, 0.6) is 11.5 Å². The molecular formula is C29H47N4O5Os-3. The third-order valence-corrected chi connectivity index (χ3v) is 5.04. The van der Waals surface area contributed by atoms with Crippen molar-refractivity contribution in [2.45, 2.75) is 53.5 Å². The van der Waals surface area contributed by atoms with Crippen LogP contribution in [0.4, 0.5) is 5.82 Å². The minimum Gasteiger partial charge on any atom is -0.497 e. The van der Waals surface area contributed by atoms with Crippen molar-refractivity contribution in [2.75, 3.05) is 25.6 Å². The second-order valence-electron chi connectivity index (χ2n) is 8.66. The Bertz CT molecular complexity index is 924. The molecule has 224 valence electrons. The zero-order valence-corrected chi connectivity index (χ0v) is 26.8. The topological polar surface area (TPSA) is 136 Å². The zero-order valence-electron chi connectivity index (χ0n) is 24.2. The van der Waals surface area contributed by atoms with Crippen molar-refractivity contribution in [3.63, 3.8) is 0 Å². The summed E-state index contributed by atoms with van der Waals surface area (Å²) in [7, 11) is 4.39. The predicted molar refractivity (Wildman–Crippen MR) is 155 cm³/mol. The van der Waals surface area contributed by atoms with Crippen molar-refractivity contribution in [3.05, 3.63) is 69.1 Å². The van der Waals surface area contributed by atoms with Crippen molar-refractivity contribution in [3.8, 4) is 11.5 Å². The normalized spacial score (nSPS) is 12.8. The minimum atomic E-state index is -0.833. The fourth-order valence-electron chi connectivity index (χ4n) is 2.95. The van der Waals surface area contributed by atoms with Crippen LogP contribution in [0.15, 0.2) is 36.5 Å². The molecule has 2 heterocycles. The number of aromatic nitrogens is 1. The van der Waals surface area contributed by atoms with E-state index in [1.165, 1.54) is 5.56 Å². The van der Waals surface area contributed by atoms with Gasteiger partial charge in [0.05, 0.1) is 13.7 Å². The second kappa shape index (κ2) is 24.4. The molecule has 10 heteroatoms. The van der Waals surface area contributed by atoms with E-state index in [1.54, 1.807) is 13.3 Å². The Morgan fingerprint density at radius 3 is 2.41 bits per heavy atom. The molecule has 1 aliphatic rings. The molecule has 1 amide bonds. The van der Waals surface area contributed by atoms with Crippen LogP contribution in [0.1, 0.15) is 51.7 Å². The number of carbonyl (C=O) groups is 2. The molecule has 2 aromatic rings. The summed E-state index contributed by atoms with van der Waals surface area (Å²) in [5, 5.41) is 13.6. The number of carboxylic acid groups (broad SMARTS) is 1. The van der Waals surface area contributed by atoms with Gasteiger partial charge in [-0.2, -0.15) is 6.42 Å². The van der Waals surface area contributed by atoms with Gasteiger partial charge in [-0.3, -0.25) is 16.6 Å². The maximum atomic E-state index is 11.8. The van der Waals surface area contributed by atoms with Crippen LogP contribution in [0.3, 0.4) is 0 Å². The number of rotatable bonds is 8. The fraction of sp³-hybridized carbons (Fsp3) is 0.448. The summed E-state index contributed by atoms with van der Waals surface area (Å²) >= 11 is 0. The molecule has 0 spiro atoms. The van der Waals surface area contributed by atoms with E-state index < -0.39 is 5.97 Å². The molecular weight excluding hydrogens is 675 g/mol. The van der Waals surface area contributed by atoms with E-state index >= 15 is 0 Å². The molecule has 1 atom stereocenters. The predicted octanol–water partition coefficient (Wildman–Crippen LogP) is 4.92. The number of nitrogens with two attached hydrogens (primary N) is 1. The van der Waals surface area contributed by atoms with Gasteiger partial charge in [-0.25, -0.2) is 4.98 Å². The van der Waals surface area contributed by atoms with Crippen molar-refractivity contribution in [1.82, 2.24) is 10.3 Å². The van der Waals surface area contributed by atoms with Crippen molar-refractivity contribution in [1.29, 1.82) is 0 Å².